The average Bonchev–Trinajstić information content (AvgIpc) is 3.10. The number of hydrogen-bond acceptors (Lipinski definition) is 5. The van der Waals surface area contributed by atoms with Crippen molar-refractivity contribution >= 4 is 28.5 Å². The van der Waals surface area contributed by atoms with E-state index in [-0.39, 0.29) is 5.91 Å². The molecule has 5 nitrogen and oxygen atoms in total. The van der Waals surface area contributed by atoms with Gasteiger partial charge in [0, 0.05) is 11.6 Å². The fraction of sp³-hybridized carbons (Fsp3) is 0.105. The molecule has 126 valence electrons. The zero-order chi connectivity index (χ0) is 17.6. The monoisotopic (exact) mass is 351 g/mol. The topological polar surface area (TPSA) is 64.1 Å². The van der Waals surface area contributed by atoms with E-state index in [1.54, 1.807) is 13.2 Å². The van der Waals surface area contributed by atoms with E-state index in [4.69, 9.17) is 4.74 Å². The number of aromatic nitrogens is 2. The van der Waals surface area contributed by atoms with Crippen LogP contribution in [0.2, 0.25) is 0 Å². The highest BCUT2D eigenvalue weighted by molar-refractivity contribution is 7.18. The molecule has 1 N–H and O–H groups in total. The molecule has 0 saturated heterocycles. The van der Waals surface area contributed by atoms with E-state index in [0.717, 1.165) is 21.9 Å². The van der Waals surface area contributed by atoms with Gasteiger partial charge in [-0.25, -0.2) is 0 Å². The Balaban J connectivity index is 1.64. The van der Waals surface area contributed by atoms with Crippen LogP contribution >= 0.6 is 11.3 Å². The Morgan fingerprint density at radius 1 is 1.08 bits per heavy atom. The highest BCUT2D eigenvalue weighted by atomic mass is 32.1. The molecule has 0 aliphatic carbocycles. The van der Waals surface area contributed by atoms with Gasteiger partial charge in [-0.05, 0) is 42.8 Å². The van der Waals surface area contributed by atoms with E-state index >= 15 is 0 Å². The van der Waals surface area contributed by atoms with Crippen LogP contribution in [-0.4, -0.2) is 23.2 Å². The first-order valence-corrected chi connectivity index (χ1v) is 8.49. The second-order valence-electron chi connectivity index (χ2n) is 5.37. The fourth-order valence-corrected chi connectivity index (χ4v) is 2.87. The Labute approximate surface area is 150 Å². The van der Waals surface area contributed by atoms with Crippen LogP contribution < -0.4 is 10.1 Å². The summed E-state index contributed by atoms with van der Waals surface area (Å²) in [5.41, 5.74) is 3.08. The predicted octanol–water partition coefficient (Wildman–Crippen LogP) is 4.17. The van der Waals surface area contributed by atoms with Crippen LogP contribution in [0.5, 0.6) is 5.75 Å². The molecule has 0 spiro atoms. The van der Waals surface area contributed by atoms with Crippen LogP contribution in [0, 0.1) is 6.92 Å². The number of aryl methyl sites for hydroxylation is 1. The molecular weight excluding hydrogens is 334 g/mol. The number of anilines is 1. The maximum absolute atomic E-state index is 12.0. The van der Waals surface area contributed by atoms with Gasteiger partial charge < -0.3 is 4.74 Å². The Hall–Kier alpha value is -2.99. The van der Waals surface area contributed by atoms with Gasteiger partial charge in [-0.15, -0.1) is 10.2 Å². The fourth-order valence-electron chi connectivity index (χ4n) is 2.12. The average molecular weight is 351 g/mol. The largest absolute Gasteiger partial charge is 0.497 e. The van der Waals surface area contributed by atoms with Crippen molar-refractivity contribution in [3.05, 3.63) is 65.7 Å². The van der Waals surface area contributed by atoms with Gasteiger partial charge in [0.25, 0.3) is 0 Å². The molecule has 0 atom stereocenters. The minimum Gasteiger partial charge on any atom is -0.497 e. The summed E-state index contributed by atoms with van der Waals surface area (Å²) < 4.78 is 5.14. The molecule has 1 heterocycles. The number of amides is 1. The number of methoxy groups -OCH3 is 1. The second kappa shape index (κ2) is 7.72. The summed E-state index contributed by atoms with van der Waals surface area (Å²) in [7, 11) is 1.62. The lowest BCUT2D eigenvalue weighted by molar-refractivity contribution is -0.111. The second-order valence-corrected chi connectivity index (χ2v) is 6.35. The summed E-state index contributed by atoms with van der Waals surface area (Å²) in [5.74, 6) is 0.543. The number of nitrogens with one attached hydrogen (secondary N) is 1. The van der Waals surface area contributed by atoms with Crippen molar-refractivity contribution in [1.29, 1.82) is 0 Å². The van der Waals surface area contributed by atoms with Gasteiger partial charge in [-0.3, -0.25) is 10.1 Å². The van der Waals surface area contributed by atoms with E-state index in [2.05, 4.69) is 15.5 Å². The SMILES string of the molecule is COc1ccc(-c2nnc(NC(=O)/C=C/c3ccc(C)cc3)s2)cc1. The molecule has 0 bridgehead atoms. The number of carbonyl (C=O) groups excluding carboxylic acids is 1. The van der Waals surface area contributed by atoms with Crippen LogP contribution in [0.4, 0.5) is 5.13 Å². The maximum atomic E-state index is 12.0. The van der Waals surface area contributed by atoms with Crippen molar-refractivity contribution in [1.82, 2.24) is 10.2 Å². The summed E-state index contributed by atoms with van der Waals surface area (Å²) in [6, 6.07) is 15.5. The molecule has 0 radical (unpaired) electrons. The number of ether oxygens (including phenoxy) is 1. The van der Waals surface area contributed by atoms with E-state index in [1.807, 2.05) is 55.5 Å². The lowest BCUT2D eigenvalue weighted by Gasteiger charge is -1.99. The number of hydrogen-bond donors (Lipinski definition) is 1. The molecule has 0 saturated carbocycles. The van der Waals surface area contributed by atoms with Gasteiger partial charge in [-0.1, -0.05) is 41.2 Å². The van der Waals surface area contributed by atoms with Gasteiger partial charge in [0.1, 0.15) is 10.8 Å². The van der Waals surface area contributed by atoms with Gasteiger partial charge >= 0.3 is 0 Å². The predicted molar refractivity (Wildman–Crippen MR) is 101 cm³/mol. The number of rotatable bonds is 5. The van der Waals surface area contributed by atoms with Crippen LogP contribution in [0.15, 0.2) is 54.6 Å². The molecule has 1 aromatic heterocycles. The normalized spacial score (nSPS) is 10.8. The van der Waals surface area contributed by atoms with Crippen LogP contribution in [0.1, 0.15) is 11.1 Å². The zero-order valence-corrected chi connectivity index (χ0v) is 14.7. The van der Waals surface area contributed by atoms with Crippen molar-refractivity contribution in [2.45, 2.75) is 6.92 Å². The molecule has 2 aromatic carbocycles. The Morgan fingerprint density at radius 3 is 2.48 bits per heavy atom. The van der Waals surface area contributed by atoms with Crippen LogP contribution in [0.25, 0.3) is 16.6 Å². The van der Waals surface area contributed by atoms with E-state index in [0.29, 0.717) is 5.13 Å². The lowest BCUT2D eigenvalue weighted by Crippen LogP contribution is -2.07. The molecule has 3 aromatic rings. The van der Waals surface area contributed by atoms with E-state index < -0.39 is 0 Å². The van der Waals surface area contributed by atoms with E-state index in [1.165, 1.54) is 23.0 Å². The van der Waals surface area contributed by atoms with Crippen molar-refractivity contribution < 1.29 is 9.53 Å². The Morgan fingerprint density at radius 2 is 1.80 bits per heavy atom. The standard InChI is InChI=1S/C19H17N3O2S/c1-13-3-5-14(6-4-13)7-12-17(23)20-19-22-21-18(25-19)15-8-10-16(24-2)11-9-15/h3-12H,1-2H3,(H,20,22,23)/b12-7+. The van der Waals surface area contributed by atoms with Crippen molar-refractivity contribution in [2.75, 3.05) is 12.4 Å². The molecule has 1 amide bonds. The summed E-state index contributed by atoms with van der Waals surface area (Å²) in [5, 5.41) is 12.1. The highest BCUT2D eigenvalue weighted by Crippen LogP contribution is 2.27. The summed E-state index contributed by atoms with van der Waals surface area (Å²) in [4.78, 5) is 12.0. The quantitative estimate of drug-likeness (QED) is 0.701. The van der Waals surface area contributed by atoms with Crippen molar-refractivity contribution in [2.24, 2.45) is 0 Å². The minimum atomic E-state index is -0.238. The number of benzene rings is 2. The Bertz CT molecular complexity index is 884. The smallest absolute Gasteiger partial charge is 0.250 e. The number of carbonyl (C=O) groups is 1. The third-order valence-electron chi connectivity index (χ3n) is 3.50. The first kappa shape index (κ1) is 16.9. The molecule has 0 aliphatic heterocycles. The van der Waals surface area contributed by atoms with Crippen LogP contribution in [0.3, 0.4) is 0 Å². The van der Waals surface area contributed by atoms with Gasteiger partial charge in [0.2, 0.25) is 11.0 Å². The lowest BCUT2D eigenvalue weighted by atomic mass is 10.1. The third-order valence-corrected chi connectivity index (χ3v) is 4.38. The third kappa shape index (κ3) is 4.51. The number of nitrogens with zero attached hydrogens (tertiary/aromatic N) is 2. The van der Waals surface area contributed by atoms with Gasteiger partial charge in [0.15, 0.2) is 0 Å². The first-order valence-electron chi connectivity index (χ1n) is 7.68. The molecule has 0 aliphatic rings. The molecule has 3 rings (SSSR count). The van der Waals surface area contributed by atoms with Crippen molar-refractivity contribution in [3.63, 3.8) is 0 Å². The van der Waals surface area contributed by atoms with Gasteiger partial charge in [0.05, 0.1) is 7.11 Å². The molecule has 0 fully saturated rings. The Kier molecular flexibility index (Phi) is 5.20. The molecule has 0 unspecified atom stereocenters. The molecule has 6 heteroatoms. The summed E-state index contributed by atoms with van der Waals surface area (Å²) >= 11 is 1.32. The molecule has 25 heavy (non-hydrogen) atoms. The minimum absolute atomic E-state index is 0.238. The highest BCUT2D eigenvalue weighted by Gasteiger charge is 2.08. The maximum Gasteiger partial charge on any atom is 0.250 e. The summed E-state index contributed by atoms with van der Waals surface area (Å²) in [6.07, 6.45) is 3.25. The van der Waals surface area contributed by atoms with Gasteiger partial charge in [-0.2, -0.15) is 0 Å². The summed E-state index contributed by atoms with van der Waals surface area (Å²) in [6.45, 7) is 2.02. The molecular formula is C19H17N3O2S. The van der Waals surface area contributed by atoms with Crippen LogP contribution in [-0.2, 0) is 4.79 Å². The van der Waals surface area contributed by atoms with Crippen molar-refractivity contribution in [3.8, 4) is 16.3 Å². The van der Waals surface area contributed by atoms with E-state index in [9.17, 15) is 4.79 Å². The first-order chi connectivity index (χ1) is 12.1. The zero-order valence-electron chi connectivity index (χ0n) is 13.9.